The average Bonchev–Trinajstić information content (AvgIpc) is 2.33. The first-order chi connectivity index (χ1) is 6.38. The lowest BCUT2D eigenvalue weighted by atomic mass is 10.1. The van der Waals surface area contributed by atoms with E-state index in [-0.39, 0.29) is 0 Å². The van der Waals surface area contributed by atoms with Gasteiger partial charge in [-0.15, -0.1) is 13.2 Å². The topological polar surface area (TPSA) is 12.0 Å². The molecule has 0 aliphatic carbocycles. The van der Waals surface area contributed by atoms with E-state index in [1.165, 1.54) is 25.8 Å². The first kappa shape index (κ1) is 10.5. The molecule has 0 aromatic rings. The van der Waals surface area contributed by atoms with Crippen LogP contribution in [0.2, 0.25) is 0 Å². The van der Waals surface area contributed by atoms with Crippen LogP contribution in [0.15, 0.2) is 25.3 Å². The zero-order chi connectivity index (χ0) is 9.52. The average molecular weight is 181 g/mol. The molecule has 1 heterocycles. The predicted molar refractivity (Wildman–Crippen MR) is 58.8 cm³/mol. The highest BCUT2D eigenvalue weighted by molar-refractivity contribution is 4.88. The maximum Gasteiger partial charge on any atom is 0.0133 e. The maximum absolute atomic E-state index is 3.83. The fourth-order valence-electron chi connectivity index (χ4n) is 2.14. The number of hydrogen-bond donors (Lipinski definition) is 1. The molecule has 0 aromatic carbocycles. The van der Waals surface area contributed by atoms with Crippen molar-refractivity contribution in [3.8, 4) is 0 Å². The first-order valence-electron chi connectivity index (χ1n) is 5.33. The van der Waals surface area contributed by atoms with Gasteiger partial charge in [0, 0.05) is 6.04 Å². The molecule has 2 atom stereocenters. The van der Waals surface area contributed by atoms with Crippen molar-refractivity contribution in [3.05, 3.63) is 25.3 Å². The summed E-state index contributed by atoms with van der Waals surface area (Å²) in [5, 5.41) is 3.60. The molecule has 2 unspecified atom stereocenters. The molecule has 74 valence electrons. The molecular formula is C12H21N. The van der Waals surface area contributed by atoms with Crippen molar-refractivity contribution in [1.29, 1.82) is 0 Å². The molecule has 1 aliphatic rings. The van der Waals surface area contributed by atoms with E-state index in [9.17, 15) is 0 Å². The summed E-state index contributed by atoms with van der Waals surface area (Å²) in [6.07, 6.45) is 10.3. The van der Waals surface area contributed by atoms with Crippen molar-refractivity contribution in [2.45, 2.75) is 38.1 Å². The van der Waals surface area contributed by atoms with Crippen molar-refractivity contribution in [2.24, 2.45) is 5.92 Å². The quantitative estimate of drug-likeness (QED) is 0.658. The monoisotopic (exact) mass is 181 g/mol. The number of nitrogens with one attached hydrogen (secondary N) is 1. The van der Waals surface area contributed by atoms with Crippen LogP contribution in [-0.2, 0) is 0 Å². The third-order valence-corrected chi connectivity index (χ3v) is 2.87. The molecular weight excluding hydrogens is 160 g/mol. The molecule has 0 aromatic heterocycles. The van der Waals surface area contributed by atoms with Gasteiger partial charge in [-0.2, -0.15) is 0 Å². The summed E-state index contributed by atoms with van der Waals surface area (Å²) >= 11 is 0. The third-order valence-electron chi connectivity index (χ3n) is 2.87. The summed E-state index contributed by atoms with van der Waals surface area (Å²) in [4.78, 5) is 0. The molecule has 1 heteroatoms. The van der Waals surface area contributed by atoms with Crippen molar-refractivity contribution in [2.75, 3.05) is 6.54 Å². The second-order valence-electron chi connectivity index (χ2n) is 3.87. The van der Waals surface area contributed by atoms with Gasteiger partial charge in [0.2, 0.25) is 0 Å². The van der Waals surface area contributed by atoms with Gasteiger partial charge in [-0.05, 0) is 38.1 Å². The van der Waals surface area contributed by atoms with E-state index in [0.29, 0.717) is 6.04 Å². The Balaban J connectivity index is 2.49. The van der Waals surface area contributed by atoms with Crippen molar-refractivity contribution in [3.63, 3.8) is 0 Å². The van der Waals surface area contributed by atoms with Gasteiger partial charge < -0.3 is 5.32 Å². The Kier molecular flexibility index (Phi) is 4.84. The van der Waals surface area contributed by atoms with Gasteiger partial charge in [0.25, 0.3) is 0 Å². The number of rotatable bonds is 4. The molecule has 0 bridgehead atoms. The molecule has 0 radical (unpaired) electrons. The summed E-state index contributed by atoms with van der Waals surface area (Å²) in [6.45, 7) is 8.81. The smallest absolute Gasteiger partial charge is 0.0133 e. The van der Waals surface area contributed by atoms with Gasteiger partial charge in [0.1, 0.15) is 0 Å². The normalized spacial score (nSPS) is 29.2. The third kappa shape index (κ3) is 3.35. The zero-order valence-corrected chi connectivity index (χ0v) is 8.47. The Bertz CT molecular complexity index is 145. The van der Waals surface area contributed by atoms with E-state index in [1.54, 1.807) is 0 Å². The lowest BCUT2D eigenvalue weighted by molar-refractivity contribution is 0.366. The van der Waals surface area contributed by atoms with Crippen molar-refractivity contribution >= 4 is 0 Å². The van der Waals surface area contributed by atoms with Crippen LogP contribution in [0.25, 0.3) is 0 Å². The van der Waals surface area contributed by atoms with Crippen LogP contribution in [0.1, 0.15) is 32.1 Å². The molecule has 0 saturated carbocycles. The van der Waals surface area contributed by atoms with E-state index >= 15 is 0 Å². The Morgan fingerprint density at radius 3 is 2.85 bits per heavy atom. The van der Waals surface area contributed by atoms with Gasteiger partial charge >= 0.3 is 0 Å². The first-order valence-corrected chi connectivity index (χ1v) is 5.33. The van der Waals surface area contributed by atoms with Crippen LogP contribution in [-0.4, -0.2) is 12.6 Å². The standard InChI is InChI=1S/C12H21N/c1-3-7-11-9-5-6-10-13-12(11)8-4-2/h3-4,11-13H,1-2,5-10H2/i12+2. The minimum absolute atomic E-state index is 0.637. The molecule has 1 nitrogen and oxygen atoms in total. The van der Waals surface area contributed by atoms with Gasteiger partial charge in [-0.1, -0.05) is 18.6 Å². The Morgan fingerprint density at radius 2 is 2.15 bits per heavy atom. The Hall–Kier alpha value is -0.560. The summed E-state index contributed by atoms with van der Waals surface area (Å²) < 4.78 is 0. The van der Waals surface area contributed by atoms with Crippen LogP contribution >= 0.6 is 0 Å². The van der Waals surface area contributed by atoms with E-state index in [1.807, 2.05) is 12.2 Å². The summed E-state index contributed by atoms with van der Waals surface area (Å²) in [7, 11) is 0. The molecule has 1 rings (SSSR count). The lowest BCUT2D eigenvalue weighted by Gasteiger charge is -2.23. The van der Waals surface area contributed by atoms with Gasteiger partial charge in [0.05, 0.1) is 0 Å². The highest BCUT2D eigenvalue weighted by atomic mass is 15.5. The van der Waals surface area contributed by atoms with E-state index in [0.717, 1.165) is 18.8 Å². The summed E-state index contributed by atoms with van der Waals surface area (Å²) in [5.74, 6) is 0.776. The predicted octanol–water partition coefficient (Wildman–Crippen LogP) is 2.90. The summed E-state index contributed by atoms with van der Waals surface area (Å²) in [5.41, 5.74) is 0. The highest BCUT2D eigenvalue weighted by Crippen LogP contribution is 2.22. The Labute approximate surface area is 81.9 Å². The molecule has 0 spiro atoms. The minimum Gasteiger partial charge on any atom is -0.313 e. The van der Waals surface area contributed by atoms with Crippen LogP contribution in [0.4, 0.5) is 0 Å². The summed E-state index contributed by atoms with van der Waals surface area (Å²) in [6, 6.07) is 0.637. The van der Waals surface area contributed by atoms with Crippen molar-refractivity contribution < 1.29 is 0 Å². The fraction of sp³-hybridized carbons (Fsp3) is 0.667. The SMILES string of the molecule is C=CCC1CCCCN[14CH]1CC=C. The lowest BCUT2D eigenvalue weighted by Crippen LogP contribution is -2.34. The molecule has 1 N–H and O–H groups in total. The van der Waals surface area contributed by atoms with Gasteiger partial charge in [0.15, 0.2) is 0 Å². The molecule has 0 amide bonds. The van der Waals surface area contributed by atoms with Crippen LogP contribution in [0, 0.1) is 5.92 Å². The van der Waals surface area contributed by atoms with Crippen LogP contribution in [0.5, 0.6) is 0 Å². The molecule has 1 aliphatic heterocycles. The van der Waals surface area contributed by atoms with Crippen molar-refractivity contribution in [1.82, 2.24) is 5.32 Å². The number of allylic oxidation sites excluding steroid dienone is 1. The molecule has 1 saturated heterocycles. The zero-order valence-electron chi connectivity index (χ0n) is 8.47. The van der Waals surface area contributed by atoms with Crippen LogP contribution in [0.3, 0.4) is 0 Å². The molecule has 13 heavy (non-hydrogen) atoms. The van der Waals surface area contributed by atoms with Crippen LogP contribution < -0.4 is 5.32 Å². The fourth-order valence-corrected chi connectivity index (χ4v) is 2.14. The van der Waals surface area contributed by atoms with E-state index < -0.39 is 0 Å². The van der Waals surface area contributed by atoms with Gasteiger partial charge in [-0.25, -0.2) is 0 Å². The van der Waals surface area contributed by atoms with E-state index in [4.69, 9.17) is 0 Å². The molecule has 1 fully saturated rings. The van der Waals surface area contributed by atoms with Gasteiger partial charge in [-0.3, -0.25) is 0 Å². The maximum atomic E-state index is 3.83. The number of hydrogen-bond acceptors (Lipinski definition) is 1. The second-order valence-corrected chi connectivity index (χ2v) is 3.87. The van der Waals surface area contributed by atoms with E-state index in [2.05, 4.69) is 18.5 Å². The minimum atomic E-state index is 0.637. The Morgan fingerprint density at radius 1 is 1.31 bits per heavy atom. The largest absolute Gasteiger partial charge is 0.313 e. The second kappa shape index (κ2) is 5.98. The highest BCUT2D eigenvalue weighted by Gasteiger charge is 2.20.